The molecule has 33 heavy (non-hydrogen) atoms. The van der Waals surface area contributed by atoms with E-state index in [1.807, 2.05) is 0 Å². The lowest BCUT2D eigenvalue weighted by molar-refractivity contribution is -0.137. The first-order chi connectivity index (χ1) is 15.6. The van der Waals surface area contributed by atoms with Crippen LogP contribution in [-0.2, 0) is 12.7 Å². The Labute approximate surface area is 189 Å². The van der Waals surface area contributed by atoms with Gasteiger partial charge in [-0.3, -0.25) is 9.59 Å². The van der Waals surface area contributed by atoms with Gasteiger partial charge in [0.2, 0.25) is 0 Å². The molecule has 0 unspecified atom stereocenters. The standard InChI is InChI=1S/C21H16F3N5O3S/c1-11(30)16-7-6-15(33-16)10-29-25-9-17(28-29)27-20(31)18-19(32-12(2)26-18)13-4-3-5-14(8-13)21(22,23)24/h3-9H,10H2,1-2H3,(H,27,28,31). The van der Waals surface area contributed by atoms with Gasteiger partial charge in [0.1, 0.15) is 0 Å². The highest BCUT2D eigenvalue weighted by Gasteiger charge is 2.31. The summed E-state index contributed by atoms with van der Waals surface area (Å²) in [7, 11) is 0. The highest BCUT2D eigenvalue weighted by atomic mass is 32.1. The Morgan fingerprint density at radius 3 is 2.70 bits per heavy atom. The van der Waals surface area contributed by atoms with E-state index < -0.39 is 17.6 Å². The van der Waals surface area contributed by atoms with Crippen molar-refractivity contribution < 1.29 is 27.2 Å². The molecule has 0 radical (unpaired) electrons. The van der Waals surface area contributed by atoms with Gasteiger partial charge in [-0.15, -0.1) is 16.4 Å². The summed E-state index contributed by atoms with van der Waals surface area (Å²) in [6, 6.07) is 7.96. The van der Waals surface area contributed by atoms with E-state index in [9.17, 15) is 22.8 Å². The molecule has 8 nitrogen and oxygen atoms in total. The molecule has 3 heterocycles. The predicted octanol–water partition coefficient (Wildman–Crippen LogP) is 4.83. The summed E-state index contributed by atoms with van der Waals surface area (Å²) in [6.07, 6.45) is -3.21. The number of oxazole rings is 1. The Hall–Kier alpha value is -3.80. The van der Waals surface area contributed by atoms with Gasteiger partial charge in [0.15, 0.2) is 28.9 Å². The van der Waals surface area contributed by atoms with Crippen molar-refractivity contribution >= 4 is 28.8 Å². The SMILES string of the molecule is CC(=O)c1ccc(Cn2ncc(NC(=O)c3nc(C)oc3-c3cccc(C(F)(F)F)c3)n2)s1. The maximum absolute atomic E-state index is 13.1. The number of alkyl halides is 3. The first-order valence-electron chi connectivity index (χ1n) is 9.56. The number of carbonyl (C=O) groups excluding carboxylic acids is 2. The normalized spacial score (nSPS) is 11.5. The lowest BCUT2D eigenvalue weighted by Crippen LogP contribution is -2.14. The molecule has 0 aliphatic rings. The van der Waals surface area contributed by atoms with Gasteiger partial charge in [-0.05, 0) is 31.2 Å². The third-order valence-corrected chi connectivity index (χ3v) is 5.66. The van der Waals surface area contributed by atoms with E-state index in [0.29, 0.717) is 11.4 Å². The number of aromatic nitrogens is 4. The fourth-order valence-electron chi connectivity index (χ4n) is 3.01. The molecule has 0 fully saturated rings. The van der Waals surface area contributed by atoms with Gasteiger partial charge in [0.25, 0.3) is 5.91 Å². The van der Waals surface area contributed by atoms with Crippen LogP contribution in [0.3, 0.4) is 0 Å². The third kappa shape index (κ3) is 5.00. The highest BCUT2D eigenvalue weighted by molar-refractivity contribution is 7.14. The number of benzene rings is 1. The van der Waals surface area contributed by atoms with Crippen molar-refractivity contribution in [2.24, 2.45) is 0 Å². The van der Waals surface area contributed by atoms with Crippen LogP contribution in [0.4, 0.5) is 19.0 Å². The van der Waals surface area contributed by atoms with Crippen LogP contribution in [0.15, 0.2) is 47.0 Å². The van der Waals surface area contributed by atoms with E-state index in [1.54, 1.807) is 12.1 Å². The Bertz CT molecular complexity index is 1340. The molecule has 1 N–H and O–H groups in total. The Morgan fingerprint density at radius 1 is 1.21 bits per heavy atom. The van der Waals surface area contributed by atoms with E-state index in [-0.39, 0.29) is 34.5 Å². The second kappa shape index (κ2) is 8.62. The largest absolute Gasteiger partial charge is 0.440 e. The van der Waals surface area contributed by atoms with Gasteiger partial charge in [-0.2, -0.15) is 23.1 Å². The average Bonchev–Trinajstić information content (AvgIpc) is 3.48. The monoisotopic (exact) mass is 475 g/mol. The molecule has 1 amide bonds. The molecule has 12 heteroatoms. The Balaban J connectivity index is 1.53. The Morgan fingerprint density at radius 2 is 2.00 bits per heavy atom. The van der Waals surface area contributed by atoms with Gasteiger partial charge >= 0.3 is 6.18 Å². The zero-order valence-corrected chi connectivity index (χ0v) is 18.1. The third-order valence-electron chi connectivity index (χ3n) is 4.49. The minimum atomic E-state index is -4.54. The summed E-state index contributed by atoms with van der Waals surface area (Å²) in [4.78, 5) is 31.0. The fraction of sp³-hybridized carbons (Fsp3) is 0.190. The lowest BCUT2D eigenvalue weighted by atomic mass is 10.1. The van der Waals surface area contributed by atoms with Crippen LogP contribution in [0.1, 0.15) is 43.4 Å². The average molecular weight is 475 g/mol. The van der Waals surface area contributed by atoms with Crippen molar-refractivity contribution in [3.8, 4) is 11.3 Å². The number of ketones is 1. The molecule has 170 valence electrons. The van der Waals surface area contributed by atoms with Crippen LogP contribution < -0.4 is 5.32 Å². The summed E-state index contributed by atoms with van der Waals surface area (Å²) >= 11 is 1.32. The van der Waals surface area contributed by atoms with Crippen LogP contribution >= 0.6 is 11.3 Å². The second-order valence-corrected chi connectivity index (χ2v) is 8.19. The van der Waals surface area contributed by atoms with Crippen LogP contribution in [0.25, 0.3) is 11.3 Å². The van der Waals surface area contributed by atoms with Gasteiger partial charge in [0, 0.05) is 17.4 Å². The topological polar surface area (TPSA) is 103 Å². The summed E-state index contributed by atoms with van der Waals surface area (Å²) in [5.41, 5.74) is -0.978. The summed E-state index contributed by atoms with van der Waals surface area (Å²) in [6.45, 7) is 3.27. The van der Waals surface area contributed by atoms with Crippen molar-refractivity contribution in [1.82, 2.24) is 20.0 Å². The molecular formula is C21H16F3N5O3S. The number of nitrogens with zero attached hydrogens (tertiary/aromatic N) is 4. The number of amides is 1. The number of nitrogens with one attached hydrogen (secondary N) is 1. The molecule has 4 aromatic rings. The predicted molar refractivity (Wildman–Crippen MR) is 113 cm³/mol. The molecular weight excluding hydrogens is 459 g/mol. The number of Topliss-reactive ketones (excluding diaryl/α,β-unsaturated/α-hetero) is 1. The molecule has 4 rings (SSSR count). The van der Waals surface area contributed by atoms with E-state index >= 15 is 0 Å². The number of hydrogen-bond donors (Lipinski definition) is 1. The van der Waals surface area contributed by atoms with Crippen molar-refractivity contribution in [1.29, 1.82) is 0 Å². The van der Waals surface area contributed by atoms with Gasteiger partial charge < -0.3 is 9.73 Å². The first-order valence-corrected chi connectivity index (χ1v) is 10.4. The van der Waals surface area contributed by atoms with Gasteiger partial charge in [-0.1, -0.05) is 12.1 Å². The number of hydrogen-bond acceptors (Lipinski definition) is 7. The molecule has 0 aliphatic carbocycles. The molecule has 3 aromatic heterocycles. The van der Waals surface area contributed by atoms with Crippen molar-refractivity contribution in [2.75, 3.05) is 5.32 Å². The highest BCUT2D eigenvalue weighted by Crippen LogP contribution is 2.33. The quantitative estimate of drug-likeness (QED) is 0.401. The maximum Gasteiger partial charge on any atom is 0.416 e. The molecule has 0 atom stereocenters. The molecule has 0 bridgehead atoms. The minimum Gasteiger partial charge on any atom is -0.440 e. The van der Waals surface area contributed by atoms with E-state index in [0.717, 1.165) is 17.0 Å². The summed E-state index contributed by atoms with van der Waals surface area (Å²) < 4.78 is 44.7. The smallest absolute Gasteiger partial charge is 0.416 e. The van der Waals surface area contributed by atoms with Crippen molar-refractivity contribution in [3.05, 3.63) is 69.5 Å². The summed E-state index contributed by atoms with van der Waals surface area (Å²) in [5.74, 6) is -0.582. The summed E-state index contributed by atoms with van der Waals surface area (Å²) in [5, 5.41) is 10.8. The number of aryl methyl sites for hydroxylation is 1. The van der Waals surface area contributed by atoms with E-state index in [4.69, 9.17) is 4.42 Å². The fourth-order valence-corrected chi connectivity index (χ4v) is 3.89. The van der Waals surface area contributed by atoms with Crippen LogP contribution in [0.5, 0.6) is 0 Å². The number of rotatable bonds is 6. The lowest BCUT2D eigenvalue weighted by Gasteiger charge is -2.08. The Kier molecular flexibility index (Phi) is 5.85. The second-order valence-electron chi connectivity index (χ2n) is 7.03. The number of halogens is 3. The van der Waals surface area contributed by atoms with Crippen molar-refractivity contribution in [2.45, 2.75) is 26.6 Å². The van der Waals surface area contributed by atoms with Crippen molar-refractivity contribution in [3.63, 3.8) is 0 Å². The zero-order chi connectivity index (χ0) is 23.8. The van der Waals surface area contributed by atoms with E-state index in [1.165, 1.54) is 48.3 Å². The molecule has 0 spiro atoms. The van der Waals surface area contributed by atoms with Crippen LogP contribution in [-0.4, -0.2) is 31.7 Å². The molecule has 0 aliphatic heterocycles. The minimum absolute atomic E-state index is 0.0351. The van der Waals surface area contributed by atoms with Crippen LogP contribution in [0, 0.1) is 6.92 Å². The molecule has 0 saturated carbocycles. The first kappa shape index (κ1) is 22.4. The molecule has 1 aromatic carbocycles. The number of anilines is 1. The number of thiophene rings is 1. The van der Waals surface area contributed by atoms with E-state index in [2.05, 4.69) is 20.5 Å². The van der Waals surface area contributed by atoms with Crippen LogP contribution in [0.2, 0.25) is 0 Å². The van der Waals surface area contributed by atoms with Gasteiger partial charge in [0.05, 0.1) is 23.2 Å². The zero-order valence-electron chi connectivity index (χ0n) is 17.3. The molecule has 0 saturated heterocycles. The number of carbonyl (C=O) groups is 2. The maximum atomic E-state index is 13.1. The van der Waals surface area contributed by atoms with Gasteiger partial charge in [-0.25, -0.2) is 4.98 Å².